The first-order chi connectivity index (χ1) is 15.6. The fraction of sp³-hybridized carbons (Fsp3) is 0.240. The Labute approximate surface area is 186 Å². The predicted octanol–water partition coefficient (Wildman–Crippen LogP) is 4.34. The lowest BCUT2D eigenvalue weighted by atomic mass is 10.0. The summed E-state index contributed by atoms with van der Waals surface area (Å²) in [7, 11) is 0. The van der Waals surface area contributed by atoms with Gasteiger partial charge in [-0.05, 0) is 49.2 Å². The molecule has 4 aromatic rings. The van der Waals surface area contributed by atoms with Crippen LogP contribution in [0, 0.1) is 18.3 Å². The third kappa shape index (κ3) is 3.71. The Morgan fingerprint density at radius 2 is 1.88 bits per heavy atom. The van der Waals surface area contributed by atoms with E-state index in [9.17, 15) is 5.26 Å². The molecule has 7 nitrogen and oxygen atoms in total. The fourth-order valence-electron chi connectivity index (χ4n) is 4.22. The fourth-order valence-corrected chi connectivity index (χ4v) is 4.22. The summed E-state index contributed by atoms with van der Waals surface area (Å²) in [5, 5.41) is 13.2. The molecule has 0 radical (unpaired) electrons. The Morgan fingerprint density at radius 3 is 2.72 bits per heavy atom. The summed E-state index contributed by atoms with van der Waals surface area (Å²) >= 11 is 0. The number of rotatable bonds is 4. The molecule has 0 bridgehead atoms. The minimum absolute atomic E-state index is 0.0322. The van der Waals surface area contributed by atoms with Gasteiger partial charge >= 0.3 is 0 Å². The summed E-state index contributed by atoms with van der Waals surface area (Å²) in [6.45, 7) is 5.60. The van der Waals surface area contributed by atoms with Crippen LogP contribution >= 0.6 is 0 Å². The van der Waals surface area contributed by atoms with Gasteiger partial charge in [0.05, 0.1) is 34.0 Å². The van der Waals surface area contributed by atoms with Crippen molar-refractivity contribution >= 4 is 22.5 Å². The molecule has 1 aliphatic rings. The first-order valence-corrected chi connectivity index (χ1v) is 10.7. The molecular weight excluding hydrogens is 398 g/mol. The molecule has 2 aromatic carbocycles. The van der Waals surface area contributed by atoms with E-state index in [4.69, 9.17) is 0 Å². The van der Waals surface area contributed by atoms with E-state index in [-0.39, 0.29) is 6.04 Å². The van der Waals surface area contributed by atoms with Gasteiger partial charge in [-0.2, -0.15) is 5.26 Å². The van der Waals surface area contributed by atoms with E-state index in [0.717, 1.165) is 57.9 Å². The predicted molar refractivity (Wildman–Crippen MR) is 124 cm³/mol. The summed E-state index contributed by atoms with van der Waals surface area (Å²) in [4.78, 5) is 20.1. The molecule has 0 aliphatic carbocycles. The van der Waals surface area contributed by atoms with Crippen LogP contribution in [-0.2, 0) is 13.0 Å². The van der Waals surface area contributed by atoms with Crippen LogP contribution < -0.4 is 10.2 Å². The number of hydrogen-bond donors (Lipinski definition) is 1. The third-order valence-electron chi connectivity index (χ3n) is 5.96. The molecule has 158 valence electrons. The number of aromatic nitrogens is 4. The lowest BCUT2D eigenvalue weighted by Crippen LogP contribution is -2.32. The molecule has 1 atom stereocenters. The van der Waals surface area contributed by atoms with Gasteiger partial charge in [-0.1, -0.05) is 12.1 Å². The van der Waals surface area contributed by atoms with Crippen molar-refractivity contribution in [1.82, 2.24) is 19.9 Å². The van der Waals surface area contributed by atoms with E-state index in [1.807, 2.05) is 25.1 Å². The van der Waals surface area contributed by atoms with Crippen molar-refractivity contribution in [3.05, 3.63) is 83.1 Å². The van der Waals surface area contributed by atoms with Crippen LogP contribution in [0.1, 0.15) is 40.9 Å². The largest absolute Gasteiger partial charge is 0.366 e. The number of nitrogens with zero attached hydrogens (tertiary/aromatic N) is 6. The molecule has 0 fully saturated rings. The molecule has 5 rings (SSSR count). The number of aryl methyl sites for hydroxylation is 1. The molecule has 3 heterocycles. The molecule has 7 heteroatoms. The molecule has 0 amide bonds. The Bertz CT molecular complexity index is 1340. The quantitative estimate of drug-likeness (QED) is 0.524. The van der Waals surface area contributed by atoms with Crippen LogP contribution in [-0.4, -0.2) is 26.5 Å². The zero-order valence-electron chi connectivity index (χ0n) is 18.1. The van der Waals surface area contributed by atoms with Crippen LogP contribution in [0.15, 0.2) is 55.1 Å². The molecule has 1 N–H and O–H groups in total. The molecule has 32 heavy (non-hydrogen) atoms. The second-order valence-corrected chi connectivity index (χ2v) is 8.12. The van der Waals surface area contributed by atoms with Crippen molar-refractivity contribution in [2.45, 2.75) is 32.9 Å². The minimum atomic E-state index is 0.0322. The van der Waals surface area contributed by atoms with Gasteiger partial charge in [0.1, 0.15) is 18.2 Å². The Balaban J connectivity index is 1.43. The number of benzene rings is 2. The molecular formula is C25H23N7. The molecule has 2 aromatic heterocycles. The monoisotopic (exact) mass is 421 g/mol. The number of fused-ring (bicyclic) bond motifs is 2. The molecule has 0 saturated heterocycles. The normalized spacial score (nSPS) is 14.0. The van der Waals surface area contributed by atoms with Gasteiger partial charge in [-0.15, -0.1) is 0 Å². The van der Waals surface area contributed by atoms with Crippen LogP contribution in [0.4, 0.5) is 11.5 Å². The van der Waals surface area contributed by atoms with Crippen molar-refractivity contribution in [3.8, 4) is 6.07 Å². The standard InChI is InChI=1S/C25H23N7/c1-16-3-6-24(19(11-16)13-26)32-10-7-21-20(14-32)25(30-15-29-21)31-17(2)18-4-5-22-23(12-18)28-9-8-27-22/h3-6,8-9,11-12,15,17H,7,10,14H2,1-2H3,(H,29,30,31)/t17-/m1/s1. The van der Waals surface area contributed by atoms with E-state index in [0.29, 0.717) is 12.1 Å². The Hall–Kier alpha value is -4.05. The highest BCUT2D eigenvalue weighted by molar-refractivity contribution is 5.74. The maximum absolute atomic E-state index is 9.62. The van der Waals surface area contributed by atoms with Gasteiger partial charge in [-0.25, -0.2) is 9.97 Å². The summed E-state index contributed by atoms with van der Waals surface area (Å²) in [5.74, 6) is 0.831. The van der Waals surface area contributed by atoms with Gasteiger partial charge in [0.25, 0.3) is 0 Å². The average Bonchev–Trinajstić information content (AvgIpc) is 2.83. The van der Waals surface area contributed by atoms with Crippen molar-refractivity contribution in [3.63, 3.8) is 0 Å². The van der Waals surface area contributed by atoms with Crippen molar-refractivity contribution in [2.24, 2.45) is 0 Å². The maximum atomic E-state index is 9.62. The van der Waals surface area contributed by atoms with E-state index < -0.39 is 0 Å². The third-order valence-corrected chi connectivity index (χ3v) is 5.96. The lowest BCUT2D eigenvalue weighted by Gasteiger charge is -2.32. The van der Waals surface area contributed by atoms with E-state index >= 15 is 0 Å². The zero-order valence-corrected chi connectivity index (χ0v) is 18.1. The van der Waals surface area contributed by atoms with Crippen LogP contribution in [0.25, 0.3) is 11.0 Å². The highest BCUT2D eigenvalue weighted by Crippen LogP contribution is 2.31. The summed E-state index contributed by atoms with van der Waals surface area (Å²) in [5.41, 5.74) is 7.75. The highest BCUT2D eigenvalue weighted by Gasteiger charge is 2.24. The number of anilines is 2. The molecule has 0 saturated carbocycles. The van der Waals surface area contributed by atoms with Crippen molar-refractivity contribution < 1.29 is 0 Å². The Morgan fingerprint density at radius 1 is 1.03 bits per heavy atom. The first-order valence-electron chi connectivity index (χ1n) is 10.7. The molecule has 0 spiro atoms. The summed E-state index contributed by atoms with van der Waals surface area (Å²) in [6.07, 6.45) is 5.85. The van der Waals surface area contributed by atoms with Crippen molar-refractivity contribution in [2.75, 3.05) is 16.8 Å². The Kier molecular flexibility index (Phi) is 5.12. The number of hydrogen-bond acceptors (Lipinski definition) is 7. The smallest absolute Gasteiger partial charge is 0.135 e. The van der Waals surface area contributed by atoms with E-state index in [1.165, 1.54) is 0 Å². The number of nitriles is 1. The van der Waals surface area contributed by atoms with Crippen LogP contribution in [0.3, 0.4) is 0 Å². The van der Waals surface area contributed by atoms with Gasteiger partial charge in [-0.3, -0.25) is 9.97 Å². The summed E-state index contributed by atoms with van der Waals surface area (Å²) < 4.78 is 0. The topological polar surface area (TPSA) is 90.6 Å². The minimum Gasteiger partial charge on any atom is -0.366 e. The SMILES string of the molecule is Cc1ccc(N2CCc3ncnc(N[C@H](C)c4ccc5nccnc5c4)c3C2)c(C#N)c1. The van der Waals surface area contributed by atoms with Crippen molar-refractivity contribution in [1.29, 1.82) is 5.26 Å². The van der Waals surface area contributed by atoms with Gasteiger partial charge < -0.3 is 10.2 Å². The van der Waals surface area contributed by atoms with Gasteiger partial charge in [0.2, 0.25) is 0 Å². The molecule has 1 aliphatic heterocycles. The van der Waals surface area contributed by atoms with Crippen LogP contribution in [0.5, 0.6) is 0 Å². The lowest BCUT2D eigenvalue weighted by molar-refractivity contribution is 0.702. The first kappa shape index (κ1) is 19.9. The van der Waals surface area contributed by atoms with Crippen LogP contribution in [0.2, 0.25) is 0 Å². The average molecular weight is 422 g/mol. The van der Waals surface area contributed by atoms with E-state index in [1.54, 1.807) is 18.7 Å². The highest BCUT2D eigenvalue weighted by atomic mass is 15.2. The molecule has 0 unspecified atom stereocenters. The van der Waals surface area contributed by atoms with E-state index in [2.05, 4.69) is 61.3 Å². The summed E-state index contributed by atoms with van der Waals surface area (Å²) in [6, 6.07) is 14.5. The maximum Gasteiger partial charge on any atom is 0.135 e. The van der Waals surface area contributed by atoms with Gasteiger partial charge in [0, 0.05) is 37.5 Å². The second-order valence-electron chi connectivity index (χ2n) is 8.12. The second kappa shape index (κ2) is 8.23. The number of nitrogens with one attached hydrogen (secondary N) is 1. The zero-order chi connectivity index (χ0) is 22.1. The van der Waals surface area contributed by atoms with Gasteiger partial charge in [0.15, 0.2) is 0 Å².